The lowest BCUT2D eigenvalue weighted by molar-refractivity contribution is -0.119. The number of anilines is 1. The lowest BCUT2D eigenvalue weighted by atomic mass is 9.96. The predicted molar refractivity (Wildman–Crippen MR) is 179 cm³/mol. The number of benzene rings is 2. The molecule has 0 bridgehead atoms. The number of rotatable bonds is 9. The molecule has 2 aromatic heterocycles. The van der Waals surface area contributed by atoms with E-state index in [0.717, 1.165) is 70.3 Å². The number of methoxy groups -OCH3 is 1. The van der Waals surface area contributed by atoms with Crippen LogP contribution in [0.3, 0.4) is 0 Å². The summed E-state index contributed by atoms with van der Waals surface area (Å²) in [6.07, 6.45) is 5.44. The van der Waals surface area contributed by atoms with Gasteiger partial charge in [-0.05, 0) is 68.0 Å². The van der Waals surface area contributed by atoms with E-state index in [9.17, 15) is 14.4 Å². The third-order valence-electron chi connectivity index (χ3n) is 8.79. The number of aromatic nitrogens is 3. The zero-order chi connectivity index (χ0) is 32.5. The second-order valence-electron chi connectivity index (χ2n) is 11.6. The molecule has 3 N–H and O–H groups in total. The Hall–Kier alpha value is -4.25. The summed E-state index contributed by atoms with van der Waals surface area (Å²) >= 11 is 13.3. The quantitative estimate of drug-likeness (QED) is 0.212. The van der Waals surface area contributed by atoms with Crippen molar-refractivity contribution in [2.75, 3.05) is 19.0 Å². The number of hydrogen-bond donors (Lipinski definition) is 3. The van der Waals surface area contributed by atoms with Crippen molar-refractivity contribution in [1.82, 2.24) is 25.4 Å². The van der Waals surface area contributed by atoms with E-state index in [2.05, 4.69) is 27.1 Å². The highest BCUT2D eigenvalue weighted by molar-refractivity contribution is 6.36. The molecule has 46 heavy (non-hydrogen) atoms. The molecule has 2 atom stereocenters. The zero-order valence-electron chi connectivity index (χ0n) is 25.7. The number of carbonyl (C=O) groups excluding carboxylic acids is 2. The molecule has 3 heterocycles. The standard InChI is InChI=1S/C34H34Cl2N6O4/c1-18-21(6-5-9-25(18)40-32(44)30-24(35)17-38-42(2)34(30)45)22-7-4-8-23(31(22)36)27-16-19-10-12-26(29(19)33(41-27)46-3)37-15-14-20-11-13-28(43)39-20/h4-9,16-17,20,26,37H,10-15H2,1-3H3,(H,39,43)(H,40,44)/t20-,26-/m0/s1. The molecule has 1 aliphatic carbocycles. The zero-order valence-corrected chi connectivity index (χ0v) is 27.3. The van der Waals surface area contributed by atoms with Gasteiger partial charge in [0.15, 0.2) is 0 Å². The molecular weight excluding hydrogens is 627 g/mol. The van der Waals surface area contributed by atoms with Gasteiger partial charge in [-0.1, -0.05) is 53.5 Å². The number of fused-ring (bicyclic) bond motifs is 1. The van der Waals surface area contributed by atoms with Crippen molar-refractivity contribution >= 4 is 40.7 Å². The molecule has 4 aromatic rings. The Labute approximate surface area is 276 Å². The maximum Gasteiger partial charge on any atom is 0.280 e. The van der Waals surface area contributed by atoms with Gasteiger partial charge in [-0.25, -0.2) is 9.67 Å². The van der Waals surface area contributed by atoms with Crippen LogP contribution in [-0.4, -0.2) is 46.3 Å². The third-order valence-corrected chi connectivity index (χ3v) is 9.48. The largest absolute Gasteiger partial charge is 0.481 e. The minimum atomic E-state index is -0.624. The highest BCUT2D eigenvalue weighted by atomic mass is 35.5. The highest BCUT2D eigenvalue weighted by Crippen LogP contribution is 2.43. The van der Waals surface area contributed by atoms with E-state index in [1.807, 2.05) is 37.3 Å². The number of nitrogens with zero attached hydrogens (tertiary/aromatic N) is 3. The second kappa shape index (κ2) is 13.2. The normalized spacial score (nSPS) is 17.1. The molecule has 0 radical (unpaired) electrons. The van der Waals surface area contributed by atoms with Gasteiger partial charge >= 0.3 is 0 Å². The summed E-state index contributed by atoms with van der Waals surface area (Å²) in [5, 5.41) is 13.8. The Morgan fingerprint density at radius 1 is 1.09 bits per heavy atom. The van der Waals surface area contributed by atoms with E-state index < -0.39 is 11.5 Å². The Kier molecular flexibility index (Phi) is 9.13. The summed E-state index contributed by atoms with van der Waals surface area (Å²) in [5.41, 5.74) is 5.80. The van der Waals surface area contributed by atoms with Crippen molar-refractivity contribution in [1.29, 1.82) is 0 Å². The molecule has 2 aromatic carbocycles. The topological polar surface area (TPSA) is 127 Å². The molecule has 2 amide bonds. The molecule has 10 nitrogen and oxygen atoms in total. The maximum atomic E-state index is 13.1. The molecule has 1 fully saturated rings. The smallest absolute Gasteiger partial charge is 0.280 e. The first-order valence-electron chi connectivity index (χ1n) is 15.2. The monoisotopic (exact) mass is 660 g/mol. The predicted octanol–water partition coefficient (Wildman–Crippen LogP) is 5.63. The van der Waals surface area contributed by atoms with Crippen molar-refractivity contribution in [3.8, 4) is 28.3 Å². The molecule has 12 heteroatoms. The van der Waals surface area contributed by atoms with Crippen molar-refractivity contribution in [2.45, 2.75) is 51.1 Å². The van der Waals surface area contributed by atoms with E-state index in [0.29, 0.717) is 28.7 Å². The summed E-state index contributed by atoms with van der Waals surface area (Å²) in [6.45, 7) is 2.67. The summed E-state index contributed by atoms with van der Waals surface area (Å²) in [5.74, 6) is 0.0761. The Balaban J connectivity index is 1.26. The molecule has 238 valence electrons. The van der Waals surface area contributed by atoms with Crippen LogP contribution in [0.1, 0.15) is 58.8 Å². The van der Waals surface area contributed by atoms with Gasteiger partial charge in [-0.15, -0.1) is 0 Å². The van der Waals surface area contributed by atoms with Crippen molar-refractivity contribution < 1.29 is 14.3 Å². The fraction of sp³-hybridized carbons (Fsp3) is 0.324. The molecule has 0 spiro atoms. The Morgan fingerprint density at radius 2 is 1.85 bits per heavy atom. The lowest BCUT2D eigenvalue weighted by Crippen LogP contribution is -2.30. The first-order valence-corrected chi connectivity index (χ1v) is 15.9. The van der Waals surface area contributed by atoms with Crippen LogP contribution < -0.4 is 26.2 Å². The highest BCUT2D eigenvalue weighted by Gasteiger charge is 2.29. The van der Waals surface area contributed by atoms with Gasteiger partial charge in [-0.2, -0.15) is 5.10 Å². The third kappa shape index (κ3) is 6.12. The summed E-state index contributed by atoms with van der Waals surface area (Å²) in [6, 6.07) is 13.7. The SMILES string of the molecule is COc1nc(-c2cccc(-c3cccc(NC(=O)c4c(Cl)cnn(C)c4=O)c3C)c2Cl)cc2c1[C@@H](NCC[C@@H]1CCC(=O)N1)CC2. The van der Waals surface area contributed by atoms with Crippen LogP contribution in [0.5, 0.6) is 5.88 Å². The van der Waals surface area contributed by atoms with Crippen LogP contribution in [0.15, 0.2) is 53.5 Å². The van der Waals surface area contributed by atoms with Gasteiger partial charge in [0.1, 0.15) is 5.56 Å². The van der Waals surface area contributed by atoms with Crippen LogP contribution >= 0.6 is 23.2 Å². The van der Waals surface area contributed by atoms with E-state index in [1.165, 1.54) is 13.2 Å². The van der Waals surface area contributed by atoms with Gasteiger partial charge in [0.2, 0.25) is 11.8 Å². The lowest BCUT2D eigenvalue weighted by Gasteiger charge is -2.19. The maximum absolute atomic E-state index is 13.1. The Morgan fingerprint density at radius 3 is 2.61 bits per heavy atom. The van der Waals surface area contributed by atoms with Gasteiger partial charge in [-0.3, -0.25) is 14.4 Å². The first-order chi connectivity index (χ1) is 22.2. The van der Waals surface area contributed by atoms with Crippen LogP contribution in [0.4, 0.5) is 5.69 Å². The summed E-state index contributed by atoms with van der Waals surface area (Å²) in [4.78, 5) is 42.1. The van der Waals surface area contributed by atoms with Gasteiger partial charge in [0.05, 0.1) is 29.0 Å². The van der Waals surface area contributed by atoms with Gasteiger partial charge in [0.25, 0.3) is 11.5 Å². The second-order valence-corrected chi connectivity index (χ2v) is 12.4. The Bertz CT molecular complexity index is 1910. The molecule has 2 aliphatic rings. The van der Waals surface area contributed by atoms with Crippen LogP contribution in [0, 0.1) is 6.92 Å². The number of pyridine rings is 1. The minimum absolute atomic E-state index is 0.0244. The van der Waals surface area contributed by atoms with E-state index in [-0.39, 0.29) is 28.6 Å². The van der Waals surface area contributed by atoms with Crippen molar-refractivity contribution in [3.05, 3.63) is 91.3 Å². The van der Waals surface area contributed by atoms with Crippen LogP contribution in [0.2, 0.25) is 10.0 Å². The van der Waals surface area contributed by atoms with Crippen molar-refractivity contribution in [3.63, 3.8) is 0 Å². The molecule has 1 aliphatic heterocycles. The summed E-state index contributed by atoms with van der Waals surface area (Å²) < 4.78 is 6.86. The van der Waals surface area contributed by atoms with E-state index in [4.69, 9.17) is 32.9 Å². The number of carbonyl (C=O) groups is 2. The molecule has 1 saturated heterocycles. The fourth-order valence-corrected chi connectivity index (χ4v) is 6.87. The molecule has 0 saturated carbocycles. The van der Waals surface area contributed by atoms with E-state index >= 15 is 0 Å². The number of aryl methyl sites for hydroxylation is 2. The number of halogens is 2. The van der Waals surface area contributed by atoms with Crippen LogP contribution in [-0.2, 0) is 18.3 Å². The first kappa shape index (κ1) is 31.7. The number of ether oxygens (including phenoxy) is 1. The average molecular weight is 662 g/mol. The van der Waals surface area contributed by atoms with Crippen molar-refractivity contribution in [2.24, 2.45) is 7.05 Å². The average Bonchev–Trinajstić information content (AvgIpc) is 3.65. The molecule has 6 rings (SSSR count). The van der Waals surface area contributed by atoms with Gasteiger partial charge < -0.3 is 20.7 Å². The van der Waals surface area contributed by atoms with Gasteiger partial charge in [0, 0.05) is 47.9 Å². The van der Waals surface area contributed by atoms with E-state index in [1.54, 1.807) is 13.2 Å². The fourth-order valence-electron chi connectivity index (χ4n) is 6.34. The molecular formula is C34H34Cl2N6O4. The number of amides is 2. The molecule has 0 unspecified atom stereocenters. The summed E-state index contributed by atoms with van der Waals surface area (Å²) in [7, 11) is 3.09. The van der Waals surface area contributed by atoms with Crippen LogP contribution in [0.25, 0.3) is 22.4 Å². The number of hydrogen-bond acceptors (Lipinski definition) is 7. The number of nitrogens with one attached hydrogen (secondary N) is 3. The minimum Gasteiger partial charge on any atom is -0.481 e.